The van der Waals surface area contributed by atoms with Crippen molar-refractivity contribution < 1.29 is 23.8 Å². The van der Waals surface area contributed by atoms with E-state index in [4.69, 9.17) is 14.2 Å². The molecule has 0 aliphatic carbocycles. The third kappa shape index (κ3) is 5.20. The number of nitrogens with zero attached hydrogens (tertiary/aromatic N) is 4. The maximum Gasteiger partial charge on any atom is 0.338 e. The van der Waals surface area contributed by atoms with Crippen molar-refractivity contribution in [1.82, 2.24) is 4.57 Å². The molecular weight excluding hydrogens is 624 g/mol. The number of aromatic nitrogens is 1. The van der Waals surface area contributed by atoms with Gasteiger partial charge in [0.15, 0.2) is 16.3 Å². The van der Waals surface area contributed by atoms with E-state index in [0.717, 1.165) is 11.3 Å². The van der Waals surface area contributed by atoms with Gasteiger partial charge in [-0.3, -0.25) is 14.2 Å². The van der Waals surface area contributed by atoms with Crippen molar-refractivity contribution in [3.8, 4) is 11.5 Å². The second kappa shape index (κ2) is 12.1. The fourth-order valence-corrected chi connectivity index (χ4v) is 6.56. The molecule has 0 unspecified atom stereocenters. The van der Waals surface area contributed by atoms with Gasteiger partial charge in [-0.1, -0.05) is 45.5 Å². The van der Waals surface area contributed by atoms with Gasteiger partial charge < -0.3 is 14.2 Å². The number of hydrogen-bond donors (Lipinski definition) is 0. The Labute approximate surface area is 254 Å². The van der Waals surface area contributed by atoms with E-state index >= 15 is 0 Å². The quantitative estimate of drug-likeness (QED) is 0.341. The Kier molecular flexibility index (Phi) is 8.46. The highest BCUT2D eigenvalue weighted by Crippen LogP contribution is 2.41. The zero-order chi connectivity index (χ0) is 30.1. The summed E-state index contributed by atoms with van der Waals surface area (Å²) >= 11 is 4.77. The van der Waals surface area contributed by atoms with E-state index < -0.39 is 23.5 Å². The maximum absolute atomic E-state index is 14.1. The molecule has 10 nitrogen and oxygen atoms in total. The lowest BCUT2D eigenvalue weighted by Gasteiger charge is -2.26. The third-order valence-electron chi connectivity index (χ3n) is 6.90. The van der Waals surface area contributed by atoms with E-state index in [1.54, 1.807) is 51.1 Å². The summed E-state index contributed by atoms with van der Waals surface area (Å²) in [5.74, 6) is -0.611. The predicted molar refractivity (Wildman–Crippen MR) is 164 cm³/mol. The van der Waals surface area contributed by atoms with Crippen molar-refractivity contribution in [3.63, 3.8) is 0 Å². The number of allylic oxidation sites excluding steroid dienone is 1. The van der Waals surface area contributed by atoms with Gasteiger partial charge in [0.25, 0.3) is 11.5 Å². The molecule has 3 heterocycles. The number of benzene rings is 2. The summed E-state index contributed by atoms with van der Waals surface area (Å²) in [4.78, 5) is 45.8. The minimum Gasteiger partial charge on any atom is -0.493 e. The van der Waals surface area contributed by atoms with Gasteiger partial charge in [-0.05, 0) is 63.6 Å². The molecule has 42 heavy (non-hydrogen) atoms. The zero-order valence-corrected chi connectivity index (χ0v) is 26.1. The van der Waals surface area contributed by atoms with Crippen LogP contribution in [0, 0.1) is 5.92 Å². The first-order chi connectivity index (χ1) is 20.2. The van der Waals surface area contributed by atoms with Crippen LogP contribution < -0.4 is 29.4 Å². The molecular formula is C30H29BrN4O6S. The van der Waals surface area contributed by atoms with Crippen molar-refractivity contribution in [3.05, 3.63) is 83.5 Å². The molecule has 0 N–H and O–H groups in total. The molecule has 1 amide bonds. The molecule has 2 aliphatic rings. The number of amides is 1. The number of para-hydroxylation sites is 1. The van der Waals surface area contributed by atoms with E-state index in [9.17, 15) is 14.4 Å². The minimum absolute atomic E-state index is 0.154. The van der Waals surface area contributed by atoms with Crippen molar-refractivity contribution in [2.24, 2.45) is 16.0 Å². The number of hydrazone groups is 1. The summed E-state index contributed by atoms with van der Waals surface area (Å²) in [6, 6.07) is 11.7. The molecule has 2 aromatic carbocycles. The second-order valence-corrected chi connectivity index (χ2v) is 11.4. The van der Waals surface area contributed by atoms with Crippen molar-refractivity contribution >= 4 is 56.6 Å². The van der Waals surface area contributed by atoms with Crippen LogP contribution in [0.15, 0.2) is 73.1 Å². The number of anilines is 1. The first-order valence-corrected chi connectivity index (χ1v) is 14.9. The summed E-state index contributed by atoms with van der Waals surface area (Å²) < 4.78 is 19.1. The summed E-state index contributed by atoms with van der Waals surface area (Å²) in [5, 5.41) is 5.80. The standard InChI is InChI=1S/C30H29BrN4O6S/c1-6-40-23-15-21(31)20(13-22(23)39-5)26-25(29(38)41-7-2)17(4)32-30-34(26)28(37)24(42-30)14-19-16(3)33-35(27(19)36)18-11-9-8-10-12-18/h8-15,19,26H,6-7H2,1-5H3/b24-14-/t19-,26+/m0/s1. The molecule has 0 spiro atoms. The number of ether oxygens (including phenoxy) is 3. The molecule has 0 bridgehead atoms. The summed E-state index contributed by atoms with van der Waals surface area (Å²) in [6.45, 7) is 7.63. The Morgan fingerprint density at radius 1 is 1.10 bits per heavy atom. The number of carbonyl (C=O) groups excluding carboxylic acids is 2. The largest absolute Gasteiger partial charge is 0.493 e. The predicted octanol–water partition coefficient (Wildman–Crippen LogP) is 3.96. The van der Waals surface area contributed by atoms with Gasteiger partial charge in [-0.2, -0.15) is 10.1 Å². The zero-order valence-electron chi connectivity index (χ0n) is 23.7. The molecule has 2 atom stereocenters. The highest BCUT2D eigenvalue weighted by atomic mass is 79.9. The van der Waals surface area contributed by atoms with E-state index in [0.29, 0.717) is 54.6 Å². The van der Waals surface area contributed by atoms with Crippen LogP contribution in [0.5, 0.6) is 11.5 Å². The average molecular weight is 654 g/mol. The Morgan fingerprint density at radius 2 is 1.83 bits per heavy atom. The Hall–Kier alpha value is -4.03. The van der Waals surface area contributed by atoms with E-state index in [1.807, 2.05) is 25.1 Å². The smallest absolute Gasteiger partial charge is 0.338 e. The second-order valence-electron chi connectivity index (χ2n) is 9.49. The first kappa shape index (κ1) is 29.5. The number of esters is 1. The van der Waals surface area contributed by atoms with Gasteiger partial charge in [0.1, 0.15) is 5.92 Å². The highest BCUT2D eigenvalue weighted by Gasteiger charge is 2.37. The normalized spacial score (nSPS) is 18.5. The topological polar surface area (TPSA) is 112 Å². The average Bonchev–Trinajstić information content (AvgIpc) is 3.43. The SMILES string of the molecule is CCOC(=O)C1=C(C)N=c2s/c(=C\[C@@H]3C(=O)N(c4ccccc4)N=C3C)c(=O)n2[C@@H]1c1cc(OC)c(OCC)cc1Br. The number of carbonyl (C=O) groups is 2. The first-order valence-electron chi connectivity index (χ1n) is 13.3. The number of hydrogen-bond acceptors (Lipinski definition) is 9. The van der Waals surface area contributed by atoms with Gasteiger partial charge in [0.2, 0.25) is 0 Å². The lowest BCUT2D eigenvalue weighted by atomic mass is 9.95. The van der Waals surface area contributed by atoms with Crippen LogP contribution in [-0.2, 0) is 14.3 Å². The summed E-state index contributed by atoms with van der Waals surface area (Å²) in [5.41, 5.74) is 2.06. The van der Waals surface area contributed by atoms with Crippen LogP contribution in [-0.4, -0.2) is 42.5 Å². The molecule has 0 saturated carbocycles. The molecule has 0 fully saturated rings. The number of fused-ring (bicyclic) bond motifs is 1. The third-order valence-corrected chi connectivity index (χ3v) is 8.58. The van der Waals surface area contributed by atoms with Crippen LogP contribution >= 0.6 is 27.3 Å². The lowest BCUT2D eigenvalue weighted by Crippen LogP contribution is -2.40. The highest BCUT2D eigenvalue weighted by molar-refractivity contribution is 9.10. The molecule has 218 valence electrons. The number of rotatable bonds is 8. The molecule has 5 rings (SSSR count). The number of methoxy groups -OCH3 is 1. The van der Waals surface area contributed by atoms with Crippen LogP contribution in [0.2, 0.25) is 0 Å². The van der Waals surface area contributed by atoms with E-state index in [1.165, 1.54) is 16.7 Å². The Morgan fingerprint density at radius 3 is 2.50 bits per heavy atom. The van der Waals surface area contributed by atoms with Crippen LogP contribution in [0.4, 0.5) is 5.69 Å². The molecule has 1 aromatic heterocycles. The van der Waals surface area contributed by atoms with E-state index in [-0.39, 0.29) is 18.1 Å². The van der Waals surface area contributed by atoms with E-state index in [2.05, 4.69) is 26.0 Å². The van der Waals surface area contributed by atoms with Gasteiger partial charge in [0, 0.05) is 4.47 Å². The minimum atomic E-state index is -0.878. The molecule has 2 aliphatic heterocycles. The molecule has 3 aromatic rings. The monoisotopic (exact) mass is 652 g/mol. The maximum atomic E-state index is 14.1. The van der Waals surface area contributed by atoms with Crippen molar-refractivity contribution in [2.45, 2.75) is 33.7 Å². The molecule has 0 radical (unpaired) electrons. The summed E-state index contributed by atoms with van der Waals surface area (Å²) in [7, 11) is 1.52. The Balaban J connectivity index is 1.67. The lowest BCUT2D eigenvalue weighted by molar-refractivity contribution is -0.139. The van der Waals surface area contributed by atoms with Crippen molar-refractivity contribution in [1.29, 1.82) is 0 Å². The Bertz CT molecular complexity index is 1810. The van der Waals surface area contributed by atoms with Gasteiger partial charge in [0.05, 0.1) is 53.6 Å². The van der Waals surface area contributed by atoms with Gasteiger partial charge in [-0.25, -0.2) is 9.79 Å². The molecule has 0 saturated heterocycles. The van der Waals surface area contributed by atoms with Gasteiger partial charge in [-0.15, -0.1) is 0 Å². The van der Waals surface area contributed by atoms with Crippen LogP contribution in [0.3, 0.4) is 0 Å². The number of halogens is 1. The van der Waals surface area contributed by atoms with Gasteiger partial charge >= 0.3 is 5.97 Å². The fraction of sp³-hybridized carbons (Fsp3) is 0.300. The fourth-order valence-electron chi connectivity index (χ4n) is 4.97. The van der Waals surface area contributed by atoms with Crippen LogP contribution in [0.1, 0.15) is 39.3 Å². The summed E-state index contributed by atoms with van der Waals surface area (Å²) in [6.07, 6.45) is 1.63. The number of thiazole rings is 1. The molecule has 12 heteroatoms. The van der Waals surface area contributed by atoms with Crippen LogP contribution in [0.25, 0.3) is 6.08 Å². The van der Waals surface area contributed by atoms with Crippen molar-refractivity contribution in [2.75, 3.05) is 25.3 Å².